The van der Waals surface area contributed by atoms with Crippen LogP contribution in [0.3, 0.4) is 0 Å². The fraction of sp³-hybridized carbons (Fsp3) is 0.188. The van der Waals surface area contributed by atoms with Crippen molar-refractivity contribution in [2.45, 2.75) is 13.5 Å². The van der Waals surface area contributed by atoms with E-state index >= 15 is 0 Å². The van der Waals surface area contributed by atoms with Gasteiger partial charge in [0, 0.05) is 11.6 Å². The molecule has 2 aromatic rings. The number of rotatable bonds is 5. The summed E-state index contributed by atoms with van der Waals surface area (Å²) in [6, 6.07) is 11.7. The van der Waals surface area contributed by atoms with Crippen LogP contribution in [0, 0.1) is 5.82 Å². The summed E-state index contributed by atoms with van der Waals surface area (Å²) < 4.78 is 24.4. The largest absolute Gasteiger partial charge is 0.496 e. The van der Waals surface area contributed by atoms with Gasteiger partial charge in [-0.15, -0.1) is 0 Å². The lowest BCUT2D eigenvalue weighted by molar-refractivity contribution is 0.101. The Morgan fingerprint density at radius 3 is 2.60 bits per heavy atom. The molecule has 0 amide bonds. The molecule has 4 heteroatoms. The van der Waals surface area contributed by atoms with Crippen LogP contribution < -0.4 is 9.47 Å². The second kappa shape index (κ2) is 6.19. The maximum absolute atomic E-state index is 13.6. The summed E-state index contributed by atoms with van der Waals surface area (Å²) in [4.78, 5) is 11.1. The van der Waals surface area contributed by atoms with Gasteiger partial charge in [-0.05, 0) is 25.1 Å². The van der Waals surface area contributed by atoms with Gasteiger partial charge in [-0.25, -0.2) is 4.39 Å². The second-order valence-corrected chi connectivity index (χ2v) is 4.30. The molecule has 0 aliphatic carbocycles. The molecule has 0 radical (unpaired) electrons. The van der Waals surface area contributed by atoms with Crippen LogP contribution in [-0.2, 0) is 6.61 Å². The first-order valence-electron chi connectivity index (χ1n) is 6.17. The Kier molecular flexibility index (Phi) is 4.35. The number of hydrogen-bond donors (Lipinski definition) is 0. The molecule has 3 nitrogen and oxygen atoms in total. The summed E-state index contributed by atoms with van der Waals surface area (Å²) in [6.45, 7) is 1.59. The van der Waals surface area contributed by atoms with Crippen LogP contribution in [-0.4, -0.2) is 12.9 Å². The lowest BCUT2D eigenvalue weighted by Crippen LogP contribution is -2.01. The first kappa shape index (κ1) is 14.1. The third-order valence-corrected chi connectivity index (χ3v) is 2.91. The van der Waals surface area contributed by atoms with Gasteiger partial charge in [-0.2, -0.15) is 0 Å². The standard InChI is InChI=1S/C16H15FO3/c1-11(18)14-8-7-13(9-15(14)17)20-10-12-5-3-4-6-16(12)19-2/h3-9H,10H2,1-2H3. The van der Waals surface area contributed by atoms with Gasteiger partial charge >= 0.3 is 0 Å². The van der Waals surface area contributed by atoms with Gasteiger partial charge in [0.25, 0.3) is 0 Å². The third kappa shape index (κ3) is 3.15. The van der Waals surface area contributed by atoms with E-state index in [1.54, 1.807) is 13.2 Å². The van der Waals surface area contributed by atoms with Crippen molar-refractivity contribution in [3.05, 3.63) is 59.4 Å². The van der Waals surface area contributed by atoms with Crippen molar-refractivity contribution < 1.29 is 18.7 Å². The number of halogens is 1. The van der Waals surface area contributed by atoms with E-state index in [4.69, 9.17) is 9.47 Å². The van der Waals surface area contributed by atoms with Crippen molar-refractivity contribution in [1.29, 1.82) is 0 Å². The van der Waals surface area contributed by atoms with Crippen LogP contribution in [0.2, 0.25) is 0 Å². The maximum Gasteiger partial charge on any atom is 0.162 e. The predicted octanol–water partition coefficient (Wildman–Crippen LogP) is 3.62. The summed E-state index contributed by atoms with van der Waals surface area (Å²) in [5.41, 5.74) is 0.931. The van der Waals surface area contributed by atoms with Crippen LogP contribution in [0.5, 0.6) is 11.5 Å². The fourth-order valence-corrected chi connectivity index (χ4v) is 1.85. The van der Waals surface area contributed by atoms with Crippen LogP contribution in [0.25, 0.3) is 0 Å². The monoisotopic (exact) mass is 274 g/mol. The number of hydrogen-bond acceptors (Lipinski definition) is 3. The number of methoxy groups -OCH3 is 1. The van der Waals surface area contributed by atoms with E-state index in [2.05, 4.69) is 0 Å². The number of ketones is 1. The second-order valence-electron chi connectivity index (χ2n) is 4.30. The predicted molar refractivity (Wildman–Crippen MR) is 73.7 cm³/mol. The van der Waals surface area contributed by atoms with E-state index < -0.39 is 5.82 Å². The highest BCUT2D eigenvalue weighted by atomic mass is 19.1. The van der Waals surface area contributed by atoms with E-state index in [9.17, 15) is 9.18 Å². The van der Waals surface area contributed by atoms with E-state index in [0.717, 1.165) is 5.56 Å². The zero-order valence-corrected chi connectivity index (χ0v) is 11.4. The molecule has 0 aromatic heterocycles. The number of carbonyl (C=O) groups excluding carboxylic acids is 1. The van der Waals surface area contributed by atoms with Gasteiger partial charge in [0.15, 0.2) is 5.78 Å². The van der Waals surface area contributed by atoms with Gasteiger partial charge in [0.2, 0.25) is 0 Å². The maximum atomic E-state index is 13.6. The van der Waals surface area contributed by atoms with Gasteiger partial charge in [0.1, 0.15) is 23.9 Å². The fourth-order valence-electron chi connectivity index (χ4n) is 1.85. The average Bonchev–Trinajstić information content (AvgIpc) is 2.45. The third-order valence-electron chi connectivity index (χ3n) is 2.91. The van der Waals surface area contributed by atoms with E-state index in [1.807, 2.05) is 24.3 Å². The molecule has 0 fully saturated rings. The average molecular weight is 274 g/mol. The smallest absolute Gasteiger partial charge is 0.162 e. The Labute approximate surface area is 117 Å². The summed E-state index contributed by atoms with van der Waals surface area (Å²) in [6.07, 6.45) is 0. The van der Waals surface area contributed by atoms with Crippen molar-refractivity contribution in [2.75, 3.05) is 7.11 Å². The Morgan fingerprint density at radius 2 is 1.95 bits per heavy atom. The van der Waals surface area contributed by atoms with Crippen molar-refractivity contribution >= 4 is 5.78 Å². The highest BCUT2D eigenvalue weighted by Gasteiger charge is 2.09. The number of Topliss-reactive ketones (excluding diaryl/α,β-unsaturated/α-hetero) is 1. The number of para-hydroxylation sites is 1. The lowest BCUT2D eigenvalue weighted by Gasteiger charge is -2.10. The number of ether oxygens (including phenoxy) is 2. The molecule has 2 rings (SSSR count). The first-order chi connectivity index (χ1) is 9.61. The molecular weight excluding hydrogens is 259 g/mol. The minimum Gasteiger partial charge on any atom is -0.496 e. The normalized spacial score (nSPS) is 10.2. The Hall–Kier alpha value is -2.36. The highest BCUT2D eigenvalue weighted by molar-refractivity contribution is 5.94. The molecular formula is C16H15FO3. The lowest BCUT2D eigenvalue weighted by atomic mass is 10.1. The van der Waals surface area contributed by atoms with Crippen molar-refractivity contribution in [3.8, 4) is 11.5 Å². The molecule has 0 saturated heterocycles. The van der Waals surface area contributed by atoms with Crippen LogP contribution in [0.4, 0.5) is 4.39 Å². The molecule has 0 saturated carbocycles. The SMILES string of the molecule is COc1ccccc1COc1ccc(C(C)=O)c(F)c1. The topological polar surface area (TPSA) is 35.5 Å². The molecule has 0 aliphatic heterocycles. The number of benzene rings is 2. The van der Waals surface area contributed by atoms with Crippen LogP contribution in [0.15, 0.2) is 42.5 Å². The van der Waals surface area contributed by atoms with Gasteiger partial charge in [0.05, 0.1) is 12.7 Å². The van der Waals surface area contributed by atoms with Crippen LogP contribution in [0.1, 0.15) is 22.8 Å². The van der Waals surface area contributed by atoms with Gasteiger partial charge in [-0.1, -0.05) is 18.2 Å². The summed E-state index contributed by atoms with van der Waals surface area (Å²) in [7, 11) is 1.58. The zero-order chi connectivity index (χ0) is 14.5. The first-order valence-corrected chi connectivity index (χ1v) is 6.17. The minimum atomic E-state index is -0.574. The Morgan fingerprint density at radius 1 is 1.20 bits per heavy atom. The van der Waals surface area contributed by atoms with Crippen LogP contribution >= 0.6 is 0 Å². The Balaban J connectivity index is 2.11. The summed E-state index contributed by atoms with van der Waals surface area (Å²) in [5, 5.41) is 0. The molecule has 0 unspecified atom stereocenters. The molecule has 0 bridgehead atoms. The molecule has 0 atom stereocenters. The summed E-state index contributed by atoms with van der Waals surface area (Å²) in [5.74, 6) is 0.209. The molecule has 0 heterocycles. The molecule has 0 aliphatic rings. The van der Waals surface area contributed by atoms with E-state index in [0.29, 0.717) is 11.5 Å². The molecule has 20 heavy (non-hydrogen) atoms. The number of carbonyl (C=O) groups is 1. The molecule has 0 N–H and O–H groups in total. The Bertz CT molecular complexity index is 623. The van der Waals surface area contributed by atoms with Gasteiger partial charge < -0.3 is 9.47 Å². The molecule has 2 aromatic carbocycles. The van der Waals surface area contributed by atoms with Crippen molar-refractivity contribution in [3.63, 3.8) is 0 Å². The summed E-state index contributed by atoms with van der Waals surface area (Å²) >= 11 is 0. The quantitative estimate of drug-likeness (QED) is 0.781. The van der Waals surface area contributed by atoms with Crippen molar-refractivity contribution in [1.82, 2.24) is 0 Å². The molecule has 104 valence electrons. The van der Waals surface area contributed by atoms with E-state index in [-0.39, 0.29) is 18.0 Å². The van der Waals surface area contributed by atoms with E-state index in [1.165, 1.54) is 19.1 Å². The van der Waals surface area contributed by atoms with Gasteiger partial charge in [-0.3, -0.25) is 4.79 Å². The highest BCUT2D eigenvalue weighted by Crippen LogP contribution is 2.22. The molecule has 0 spiro atoms. The van der Waals surface area contributed by atoms with Crippen molar-refractivity contribution in [2.24, 2.45) is 0 Å². The minimum absolute atomic E-state index is 0.0645. The zero-order valence-electron chi connectivity index (χ0n) is 11.4.